The van der Waals surface area contributed by atoms with Crippen LogP contribution in [0, 0.1) is 6.92 Å². The highest BCUT2D eigenvalue weighted by Gasteiger charge is 2.24. The van der Waals surface area contributed by atoms with Crippen LogP contribution in [0.3, 0.4) is 0 Å². The molecule has 2 fully saturated rings. The first-order valence-corrected chi connectivity index (χ1v) is 15.3. The Morgan fingerprint density at radius 2 is 1.65 bits per heavy atom. The molecular weight excluding hydrogens is 532 g/mol. The Balaban J connectivity index is 1.27. The van der Waals surface area contributed by atoms with Crippen LogP contribution < -0.4 is 10.9 Å². The van der Waals surface area contributed by atoms with Crippen LogP contribution in [-0.4, -0.2) is 58.1 Å². The fourth-order valence-corrected chi connectivity index (χ4v) is 6.87. The van der Waals surface area contributed by atoms with Gasteiger partial charge in [0.05, 0.1) is 5.69 Å². The number of likely N-dealkylation sites (tertiary alicyclic amines) is 2. The lowest BCUT2D eigenvalue weighted by Gasteiger charge is -2.21. The highest BCUT2D eigenvalue weighted by molar-refractivity contribution is 5.84. The molecule has 0 bridgehead atoms. The summed E-state index contributed by atoms with van der Waals surface area (Å²) < 4.78 is 1.72. The van der Waals surface area contributed by atoms with Gasteiger partial charge in [-0.15, -0.1) is 0 Å². The zero-order valence-electron chi connectivity index (χ0n) is 25.1. The van der Waals surface area contributed by atoms with Gasteiger partial charge in [-0.1, -0.05) is 48.5 Å². The minimum Gasteiger partial charge on any atom is -0.324 e. The zero-order valence-corrected chi connectivity index (χ0v) is 25.1. The van der Waals surface area contributed by atoms with Crippen molar-refractivity contribution in [3.05, 3.63) is 112 Å². The Morgan fingerprint density at radius 3 is 2.35 bits per heavy atom. The molecule has 7 heteroatoms. The zero-order chi connectivity index (χ0) is 29.5. The number of para-hydroxylation sites is 1. The van der Waals surface area contributed by atoms with Crippen molar-refractivity contribution >= 4 is 22.7 Å². The summed E-state index contributed by atoms with van der Waals surface area (Å²) in [6.07, 6.45) is 5.39. The van der Waals surface area contributed by atoms with E-state index >= 15 is 0 Å². The second-order valence-corrected chi connectivity index (χ2v) is 12.2. The number of hydrogen-bond donors (Lipinski definition) is 1. The normalized spacial score (nSPS) is 19.3. The molecule has 2 aliphatic rings. The SMILES string of the molecule is Cc1cc(C2CCCN2C)ccc1-c1cc2cnc(Nc3ccc(C4CCN(C)C4)cc3)nc2n(-c2ccccc2)c1=O. The summed E-state index contributed by atoms with van der Waals surface area (Å²) >= 11 is 0. The summed E-state index contributed by atoms with van der Waals surface area (Å²) in [5.74, 6) is 1.04. The van der Waals surface area contributed by atoms with Crippen LogP contribution in [0.25, 0.3) is 27.8 Å². The van der Waals surface area contributed by atoms with E-state index in [4.69, 9.17) is 4.98 Å². The van der Waals surface area contributed by atoms with E-state index in [-0.39, 0.29) is 5.56 Å². The predicted molar refractivity (Wildman–Crippen MR) is 174 cm³/mol. The number of pyridine rings is 1. The summed E-state index contributed by atoms with van der Waals surface area (Å²) in [5, 5.41) is 4.17. The number of fused-ring (bicyclic) bond motifs is 1. The molecule has 2 unspecified atom stereocenters. The first-order chi connectivity index (χ1) is 20.9. The lowest BCUT2D eigenvalue weighted by Crippen LogP contribution is -2.22. The van der Waals surface area contributed by atoms with Crippen LogP contribution in [0.5, 0.6) is 0 Å². The molecule has 4 heterocycles. The van der Waals surface area contributed by atoms with Crippen molar-refractivity contribution in [1.82, 2.24) is 24.3 Å². The van der Waals surface area contributed by atoms with Crippen molar-refractivity contribution in [2.75, 3.05) is 39.0 Å². The summed E-state index contributed by atoms with van der Waals surface area (Å²) in [4.78, 5) is 28.6. The number of aromatic nitrogens is 3. The van der Waals surface area contributed by atoms with E-state index < -0.39 is 0 Å². The maximum atomic E-state index is 14.3. The van der Waals surface area contributed by atoms with Gasteiger partial charge in [0, 0.05) is 35.4 Å². The molecule has 0 amide bonds. The Kier molecular flexibility index (Phi) is 7.29. The van der Waals surface area contributed by atoms with Crippen LogP contribution in [0.2, 0.25) is 0 Å². The molecule has 0 spiro atoms. The molecule has 0 aliphatic carbocycles. The second kappa shape index (κ2) is 11.4. The Morgan fingerprint density at radius 1 is 0.860 bits per heavy atom. The quantitative estimate of drug-likeness (QED) is 0.246. The van der Waals surface area contributed by atoms with Gasteiger partial charge in [0.1, 0.15) is 0 Å². The topological polar surface area (TPSA) is 66.3 Å². The number of nitrogens with one attached hydrogen (secondary N) is 1. The standard InChI is InChI=1S/C36H38N6O/c1-24-20-26(33-10-7-18-41(33)3)13-16-31(24)32-21-28-22-37-36(39-34(28)42(35(32)43)30-8-5-4-6-9-30)38-29-14-11-25(12-15-29)27-17-19-40(2)23-27/h4-6,8-9,11-16,20-22,27,33H,7,10,17-19,23H2,1-3H3,(H,37,38,39). The molecule has 43 heavy (non-hydrogen) atoms. The van der Waals surface area contributed by atoms with E-state index in [9.17, 15) is 4.79 Å². The van der Waals surface area contributed by atoms with Crippen LogP contribution in [0.4, 0.5) is 11.6 Å². The van der Waals surface area contributed by atoms with Gasteiger partial charge in [0.15, 0.2) is 5.65 Å². The van der Waals surface area contributed by atoms with Gasteiger partial charge in [0.2, 0.25) is 5.95 Å². The Hall–Kier alpha value is -4.33. The van der Waals surface area contributed by atoms with E-state index in [1.807, 2.05) is 42.6 Å². The first kappa shape index (κ1) is 27.5. The number of hydrogen-bond acceptors (Lipinski definition) is 6. The average Bonchev–Trinajstić information content (AvgIpc) is 3.66. The molecule has 7 rings (SSSR count). The molecule has 1 N–H and O–H groups in total. The van der Waals surface area contributed by atoms with Crippen molar-refractivity contribution in [3.63, 3.8) is 0 Å². The number of aryl methyl sites for hydroxylation is 1. The van der Waals surface area contributed by atoms with Gasteiger partial charge >= 0.3 is 0 Å². The predicted octanol–water partition coefficient (Wildman–Crippen LogP) is 6.69. The van der Waals surface area contributed by atoms with E-state index in [0.717, 1.165) is 47.5 Å². The fourth-order valence-electron chi connectivity index (χ4n) is 6.87. The monoisotopic (exact) mass is 570 g/mol. The lowest BCUT2D eigenvalue weighted by molar-refractivity contribution is 0.317. The summed E-state index contributed by atoms with van der Waals surface area (Å²) in [6, 6.07) is 27.2. The molecule has 0 radical (unpaired) electrons. The molecule has 7 nitrogen and oxygen atoms in total. The summed E-state index contributed by atoms with van der Waals surface area (Å²) in [6.45, 7) is 5.47. The maximum absolute atomic E-state index is 14.3. The maximum Gasteiger partial charge on any atom is 0.264 e. The lowest BCUT2D eigenvalue weighted by atomic mass is 9.95. The summed E-state index contributed by atoms with van der Waals surface area (Å²) in [7, 11) is 4.37. The minimum atomic E-state index is -0.0944. The van der Waals surface area contributed by atoms with Crippen molar-refractivity contribution in [1.29, 1.82) is 0 Å². The van der Waals surface area contributed by atoms with Crippen molar-refractivity contribution in [2.24, 2.45) is 0 Å². The molecule has 3 aromatic carbocycles. The molecule has 2 aromatic heterocycles. The third-order valence-electron chi connectivity index (χ3n) is 9.23. The number of nitrogens with zero attached hydrogens (tertiary/aromatic N) is 5. The molecule has 2 atom stereocenters. The molecule has 5 aromatic rings. The van der Waals surface area contributed by atoms with Gasteiger partial charge in [-0.3, -0.25) is 14.3 Å². The molecule has 2 saturated heterocycles. The fraction of sp³-hybridized carbons (Fsp3) is 0.306. The Bertz CT molecular complexity index is 1830. The second-order valence-electron chi connectivity index (χ2n) is 12.2. The highest BCUT2D eigenvalue weighted by atomic mass is 16.1. The van der Waals surface area contributed by atoms with Crippen LogP contribution in [-0.2, 0) is 0 Å². The van der Waals surface area contributed by atoms with Crippen molar-refractivity contribution in [2.45, 2.75) is 38.1 Å². The first-order valence-electron chi connectivity index (χ1n) is 15.3. The number of anilines is 2. The van der Waals surface area contributed by atoms with Crippen LogP contribution in [0.1, 0.15) is 47.9 Å². The molecule has 218 valence electrons. The van der Waals surface area contributed by atoms with Gasteiger partial charge in [-0.25, -0.2) is 4.98 Å². The molecular formula is C36H38N6O. The van der Waals surface area contributed by atoms with Crippen molar-refractivity contribution < 1.29 is 0 Å². The van der Waals surface area contributed by atoms with Crippen LogP contribution >= 0.6 is 0 Å². The Labute approximate surface area is 252 Å². The average molecular weight is 571 g/mol. The van der Waals surface area contributed by atoms with Crippen LogP contribution in [0.15, 0.2) is 89.9 Å². The van der Waals surface area contributed by atoms with E-state index in [1.54, 1.807) is 4.57 Å². The van der Waals surface area contributed by atoms with E-state index in [1.165, 1.54) is 30.4 Å². The number of rotatable bonds is 6. The largest absolute Gasteiger partial charge is 0.324 e. The summed E-state index contributed by atoms with van der Waals surface area (Å²) in [5.41, 5.74) is 7.54. The van der Waals surface area contributed by atoms with Gasteiger partial charge in [-0.05, 0) is 112 Å². The smallest absolute Gasteiger partial charge is 0.264 e. The minimum absolute atomic E-state index is 0.0944. The van der Waals surface area contributed by atoms with E-state index in [0.29, 0.717) is 29.1 Å². The molecule has 0 saturated carbocycles. The van der Waals surface area contributed by atoms with Crippen molar-refractivity contribution in [3.8, 4) is 16.8 Å². The third kappa shape index (κ3) is 5.35. The van der Waals surface area contributed by atoms with Gasteiger partial charge in [-0.2, -0.15) is 4.98 Å². The third-order valence-corrected chi connectivity index (χ3v) is 9.23. The van der Waals surface area contributed by atoms with Gasteiger partial charge in [0.25, 0.3) is 5.56 Å². The molecule has 2 aliphatic heterocycles. The van der Waals surface area contributed by atoms with Gasteiger partial charge < -0.3 is 10.2 Å². The van der Waals surface area contributed by atoms with E-state index in [2.05, 4.69) is 83.6 Å². The number of likely N-dealkylation sites (N-methyl/N-ethyl adjacent to an activating group) is 1. The highest BCUT2D eigenvalue weighted by Crippen LogP contribution is 2.34. The number of benzene rings is 3.